The Morgan fingerprint density at radius 1 is 1.36 bits per heavy atom. The van der Waals surface area contributed by atoms with Crippen LogP contribution in [0.3, 0.4) is 0 Å². The van der Waals surface area contributed by atoms with E-state index >= 15 is 0 Å². The first-order chi connectivity index (χ1) is 10.0. The lowest BCUT2D eigenvalue weighted by molar-refractivity contribution is -0.383. The molecule has 0 heterocycles. The summed E-state index contributed by atoms with van der Waals surface area (Å²) in [4.78, 5) is 22.6. The number of hydrogen-bond donors (Lipinski definition) is 3. The molecule has 1 aliphatic rings. The summed E-state index contributed by atoms with van der Waals surface area (Å²) in [5.41, 5.74) is 11.3. The number of nitro groups is 1. The third-order valence-corrected chi connectivity index (χ3v) is 4.05. The van der Waals surface area contributed by atoms with Crippen molar-refractivity contribution < 1.29 is 9.72 Å². The molecular formula is C14H21ClN4O3. The van der Waals surface area contributed by atoms with Crippen LogP contribution in [0.1, 0.15) is 36.0 Å². The Morgan fingerprint density at radius 2 is 2.05 bits per heavy atom. The van der Waals surface area contributed by atoms with E-state index in [0.29, 0.717) is 6.54 Å². The second-order valence-electron chi connectivity index (χ2n) is 5.36. The predicted molar refractivity (Wildman–Crippen MR) is 87.0 cm³/mol. The average Bonchev–Trinajstić information content (AvgIpc) is 2.47. The standard InChI is InChI=1S/C14H20N4O3.ClH/c15-8-9-4-1-2-6-11(9)17-14(19)10-5-3-7-12(13(10)16)18(20)21;/h3,5,7,9,11H,1-2,4,6,8,15-16H2,(H,17,19);1H. The zero-order chi connectivity index (χ0) is 15.4. The fraction of sp³-hybridized carbons (Fsp3) is 0.500. The number of nitrogens with one attached hydrogen (secondary N) is 1. The molecule has 0 aliphatic heterocycles. The van der Waals surface area contributed by atoms with Crippen LogP contribution in [0.4, 0.5) is 11.4 Å². The van der Waals surface area contributed by atoms with Gasteiger partial charge >= 0.3 is 0 Å². The van der Waals surface area contributed by atoms with Crippen LogP contribution in [-0.2, 0) is 0 Å². The molecule has 0 aromatic heterocycles. The molecule has 22 heavy (non-hydrogen) atoms. The van der Waals surface area contributed by atoms with E-state index in [-0.39, 0.29) is 47.2 Å². The summed E-state index contributed by atoms with van der Waals surface area (Å²) in [6.45, 7) is 0.523. The largest absolute Gasteiger partial charge is 0.393 e. The monoisotopic (exact) mass is 328 g/mol. The van der Waals surface area contributed by atoms with Crippen molar-refractivity contribution in [1.29, 1.82) is 0 Å². The van der Waals surface area contributed by atoms with Gasteiger partial charge in [0.25, 0.3) is 11.6 Å². The van der Waals surface area contributed by atoms with E-state index in [4.69, 9.17) is 11.5 Å². The molecule has 2 unspecified atom stereocenters. The number of para-hydroxylation sites is 1. The predicted octanol–water partition coefficient (Wildman–Crippen LogP) is 1.85. The highest BCUT2D eigenvalue weighted by molar-refractivity contribution is 6.01. The normalized spacial score (nSPS) is 20.8. The minimum atomic E-state index is -0.588. The Bertz CT molecular complexity index is 553. The number of hydrogen-bond acceptors (Lipinski definition) is 5. The van der Waals surface area contributed by atoms with Crippen molar-refractivity contribution in [3.05, 3.63) is 33.9 Å². The molecule has 0 bridgehead atoms. The van der Waals surface area contributed by atoms with E-state index in [0.717, 1.165) is 25.7 Å². The molecule has 1 aromatic rings. The molecule has 1 aromatic carbocycles. The van der Waals surface area contributed by atoms with Crippen LogP contribution < -0.4 is 16.8 Å². The number of nitrogens with zero attached hydrogens (tertiary/aromatic N) is 1. The van der Waals surface area contributed by atoms with Crippen molar-refractivity contribution in [2.45, 2.75) is 31.7 Å². The van der Waals surface area contributed by atoms with Crippen LogP contribution in [-0.4, -0.2) is 23.4 Å². The Balaban J connectivity index is 0.00000242. The molecule has 5 N–H and O–H groups in total. The highest BCUT2D eigenvalue weighted by Gasteiger charge is 2.27. The zero-order valence-corrected chi connectivity index (χ0v) is 13.0. The maximum absolute atomic E-state index is 12.3. The maximum Gasteiger partial charge on any atom is 0.292 e. The molecule has 2 rings (SSSR count). The van der Waals surface area contributed by atoms with E-state index in [2.05, 4.69) is 5.32 Å². The first-order valence-corrected chi connectivity index (χ1v) is 7.08. The molecule has 0 saturated heterocycles. The summed E-state index contributed by atoms with van der Waals surface area (Å²) in [5.74, 6) is -0.121. The number of rotatable bonds is 4. The molecule has 0 radical (unpaired) electrons. The molecule has 2 atom stereocenters. The van der Waals surface area contributed by atoms with Crippen LogP contribution in [0.15, 0.2) is 18.2 Å². The van der Waals surface area contributed by atoms with Crippen LogP contribution in [0.5, 0.6) is 0 Å². The summed E-state index contributed by atoms with van der Waals surface area (Å²) in [6.07, 6.45) is 4.04. The number of nitro benzene ring substituents is 1. The SMILES string of the molecule is Cl.NCC1CCCCC1NC(=O)c1cccc([N+](=O)[O-])c1N. The van der Waals surface area contributed by atoms with Gasteiger partial charge in [0.2, 0.25) is 0 Å². The summed E-state index contributed by atoms with van der Waals surface area (Å²) in [6, 6.07) is 4.26. The number of anilines is 1. The van der Waals surface area contributed by atoms with Gasteiger partial charge in [-0.2, -0.15) is 0 Å². The minimum Gasteiger partial charge on any atom is -0.393 e. The van der Waals surface area contributed by atoms with Gasteiger partial charge in [-0.3, -0.25) is 14.9 Å². The molecule has 1 aliphatic carbocycles. The lowest BCUT2D eigenvalue weighted by Gasteiger charge is -2.31. The van der Waals surface area contributed by atoms with Crippen molar-refractivity contribution in [3.63, 3.8) is 0 Å². The number of nitrogen functional groups attached to an aromatic ring is 1. The zero-order valence-electron chi connectivity index (χ0n) is 12.2. The summed E-state index contributed by atoms with van der Waals surface area (Å²) >= 11 is 0. The van der Waals surface area contributed by atoms with Crippen LogP contribution in [0.25, 0.3) is 0 Å². The molecule has 122 valence electrons. The van der Waals surface area contributed by atoms with Crippen LogP contribution >= 0.6 is 12.4 Å². The molecule has 0 spiro atoms. The summed E-state index contributed by atoms with van der Waals surface area (Å²) in [7, 11) is 0. The third-order valence-electron chi connectivity index (χ3n) is 4.05. The van der Waals surface area contributed by atoms with Gasteiger partial charge in [-0.05, 0) is 31.4 Å². The van der Waals surface area contributed by atoms with E-state index in [1.807, 2.05) is 0 Å². The average molecular weight is 329 g/mol. The molecule has 1 saturated carbocycles. The topological polar surface area (TPSA) is 124 Å². The Morgan fingerprint density at radius 3 is 2.68 bits per heavy atom. The maximum atomic E-state index is 12.3. The van der Waals surface area contributed by atoms with E-state index in [1.165, 1.54) is 18.2 Å². The molecular weight excluding hydrogens is 308 g/mol. The van der Waals surface area contributed by atoms with Crippen molar-refractivity contribution in [2.75, 3.05) is 12.3 Å². The number of amides is 1. The molecule has 1 amide bonds. The quantitative estimate of drug-likeness (QED) is 0.442. The van der Waals surface area contributed by atoms with Crippen molar-refractivity contribution in [2.24, 2.45) is 11.7 Å². The fourth-order valence-electron chi connectivity index (χ4n) is 2.84. The number of benzene rings is 1. The molecule has 8 heteroatoms. The third kappa shape index (κ3) is 3.86. The molecule has 1 fully saturated rings. The van der Waals surface area contributed by atoms with E-state index in [9.17, 15) is 14.9 Å². The number of nitrogens with two attached hydrogens (primary N) is 2. The Kier molecular flexibility index (Phi) is 6.58. The second kappa shape index (κ2) is 7.95. The van der Waals surface area contributed by atoms with Gasteiger partial charge in [-0.15, -0.1) is 12.4 Å². The van der Waals surface area contributed by atoms with Crippen molar-refractivity contribution >= 4 is 29.7 Å². The number of carbonyl (C=O) groups is 1. The lowest BCUT2D eigenvalue weighted by atomic mass is 9.84. The Hall–Kier alpha value is -1.86. The lowest BCUT2D eigenvalue weighted by Crippen LogP contribution is -2.44. The minimum absolute atomic E-state index is 0. The first-order valence-electron chi connectivity index (χ1n) is 7.08. The van der Waals surface area contributed by atoms with Gasteiger partial charge in [-0.25, -0.2) is 0 Å². The van der Waals surface area contributed by atoms with Gasteiger partial charge < -0.3 is 16.8 Å². The second-order valence-corrected chi connectivity index (χ2v) is 5.36. The first kappa shape index (κ1) is 18.2. The number of halogens is 1. The summed E-state index contributed by atoms with van der Waals surface area (Å²) in [5, 5.41) is 13.8. The smallest absolute Gasteiger partial charge is 0.292 e. The molecule has 7 nitrogen and oxygen atoms in total. The number of carbonyl (C=O) groups excluding carboxylic acids is 1. The van der Waals surface area contributed by atoms with Gasteiger partial charge in [0.1, 0.15) is 5.69 Å². The highest BCUT2D eigenvalue weighted by atomic mass is 35.5. The van der Waals surface area contributed by atoms with E-state index in [1.54, 1.807) is 0 Å². The van der Waals surface area contributed by atoms with Crippen LogP contribution in [0.2, 0.25) is 0 Å². The van der Waals surface area contributed by atoms with Crippen molar-refractivity contribution in [1.82, 2.24) is 5.32 Å². The van der Waals surface area contributed by atoms with Crippen LogP contribution in [0, 0.1) is 16.0 Å². The van der Waals surface area contributed by atoms with Gasteiger partial charge in [0.05, 0.1) is 10.5 Å². The summed E-state index contributed by atoms with van der Waals surface area (Å²) < 4.78 is 0. The highest BCUT2D eigenvalue weighted by Crippen LogP contribution is 2.27. The van der Waals surface area contributed by atoms with Gasteiger partial charge in [0, 0.05) is 12.1 Å². The van der Waals surface area contributed by atoms with E-state index < -0.39 is 4.92 Å². The fourth-order valence-corrected chi connectivity index (χ4v) is 2.84. The van der Waals surface area contributed by atoms with Crippen molar-refractivity contribution in [3.8, 4) is 0 Å². The van der Waals surface area contributed by atoms with Gasteiger partial charge in [0.15, 0.2) is 0 Å². The Labute approximate surface area is 135 Å². The van der Waals surface area contributed by atoms with Gasteiger partial charge in [-0.1, -0.05) is 18.9 Å².